The summed E-state index contributed by atoms with van der Waals surface area (Å²) in [5.74, 6) is 0.560. The first kappa shape index (κ1) is 10.6. The number of benzene rings is 1. The largest absolute Gasteiger partial charge is 0.301 e. The van der Waals surface area contributed by atoms with Crippen molar-refractivity contribution < 1.29 is 0 Å². The van der Waals surface area contributed by atoms with Crippen LogP contribution < -0.4 is 5.56 Å². The molecular formula is C15H13N3O. The SMILES string of the molecule is O=c1c2nc(C3CC3)cn2ccn1-c1ccccc1. The van der Waals surface area contributed by atoms with Crippen LogP contribution in [-0.2, 0) is 0 Å². The third-order valence-electron chi connectivity index (χ3n) is 3.57. The topological polar surface area (TPSA) is 39.3 Å². The molecule has 3 aromatic rings. The highest BCUT2D eigenvalue weighted by atomic mass is 16.1. The Balaban J connectivity index is 1.94. The fourth-order valence-corrected chi connectivity index (χ4v) is 2.37. The van der Waals surface area contributed by atoms with Crippen molar-refractivity contribution in [3.05, 3.63) is 65.0 Å². The van der Waals surface area contributed by atoms with Crippen molar-refractivity contribution in [1.82, 2.24) is 14.0 Å². The third kappa shape index (κ3) is 1.68. The van der Waals surface area contributed by atoms with Gasteiger partial charge < -0.3 is 4.40 Å². The number of fused-ring (bicyclic) bond motifs is 1. The lowest BCUT2D eigenvalue weighted by Crippen LogP contribution is -2.19. The molecule has 4 rings (SSSR count). The van der Waals surface area contributed by atoms with Gasteiger partial charge in [0.2, 0.25) is 5.65 Å². The Labute approximate surface area is 110 Å². The van der Waals surface area contributed by atoms with Crippen molar-refractivity contribution in [2.45, 2.75) is 18.8 Å². The number of para-hydroxylation sites is 1. The Kier molecular flexibility index (Phi) is 2.12. The number of aromatic nitrogens is 3. The van der Waals surface area contributed by atoms with Crippen LogP contribution in [0.15, 0.2) is 53.7 Å². The van der Waals surface area contributed by atoms with Crippen LogP contribution in [-0.4, -0.2) is 14.0 Å². The summed E-state index contributed by atoms with van der Waals surface area (Å²) >= 11 is 0. The van der Waals surface area contributed by atoms with Crippen molar-refractivity contribution in [3.63, 3.8) is 0 Å². The van der Waals surface area contributed by atoms with E-state index in [1.54, 1.807) is 10.8 Å². The van der Waals surface area contributed by atoms with Crippen molar-refractivity contribution in [2.75, 3.05) is 0 Å². The van der Waals surface area contributed by atoms with E-state index in [1.165, 1.54) is 12.8 Å². The minimum Gasteiger partial charge on any atom is -0.301 e. The minimum atomic E-state index is -0.0689. The minimum absolute atomic E-state index is 0.0689. The van der Waals surface area contributed by atoms with Crippen LogP contribution in [0.4, 0.5) is 0 Å². The number of rotatable bonds is 2. The molecule has 0 bridgehead atoms. The summed E-state index contributed by atoms with van der Waals surface area (Å²) < 4.78 is 3.47. The lowest BCUT2D eigenvalue weighted by Gasteiger charge is -2.04. The molecule has 94 valence electrons. The predicted molar refractivity (Wildman–Crippen MR) is 72.8 cm³/mol. The van der Waals surface area contributed by atoms with Gasteiger partial charge in [-0.1, -0.05) is 18.2 Å². The summed E-state index contributed by atoms with van der Waals surface area (Å²) in [5.41, 5.74) is 2.35. The maximum absolute atomic E-state index is 12.5. The molecular weight excluding hydrogens is 238 g/mol. The molecule has 1 aliphatic rings. The normalized spacial score (nSPS) is 14.9. The Bertz CT molecular complexity index is 797. The first-order chi connectivity index (χ1) is 9.33. The van der Waals surface area contributed by atoms with E-state index in [1.807, 2.05) is 47.1 Å². The van der Waals surface area contributed by atoms with Crippen LogP contribution in [0.3, 0.4) is 0 Å². The Morgan fingerprint density at radius 2 is 1.89 bits per heavy atom. The Hall–Kier alpha value is -2.36. The third-order valence-corrected chi connectivity index (χ3v) is 3.57. The number of nitrogens with zero attached hydrogens (tertiary/aromatic N) is 3. The molecule has 1 aliphatic carbocycles. The smallest absolute Gasteiger partial charge is 0.298 e. The molecule has 2 aromatic heterocycles. The van der Waals surface area contributed by atoms with Gasteiger partial charge in [0.15, 0.2) is 0 Å². The van der Waals surface area contributed by atoms with Crippen molar-refractivity contribution >= 4 is 5.65 Å². The van der Waals surface area contributed by atoms with Gasteiger partial charge in [-0.25, -0.2) is 4.98 Å². The highest BCUT2D eigenvalue weighted by Crippen LogP contribution is 2.39. The summed E-state index contributed by atoms with van der Waals surface area (Å²) in [5, 5.41) is 0. The predicted octanol–water partition coefficient (Wildman–Crippen LogP) is 2.36. The van der Waals surface area contributed by atoms with Gasteiger partial charge in [-0.2, -0.15) is 0 Å². The number of hydrogen-bond donors (Lipinski definition) is 0. The number of hydrogen-bond acceptors (Lipinski definition) is 2. The average Bonchev–Trinajstić information content (AvgIpc) is 3.20. The number of imidazole rings is 1. The highest BCUT2D eigenvalue weighted by molar-refractivity contribution is 5.42. The van der Waals surface area contributed by atoms with Gasteiger partial charge in [-0.3, -0.25) is 9.36 Å². The molecule has 0 N–H and O–H groups in total. The van der Waals surface area contributed by atoms with Crippen LogP contribution in [0, 0.1) is 0 Å². The second-order valence-corrected chi connectivity index (χ2v) is 4.98. The molecule has 4 heteroatoms. The molecule has 1 aromatic carbocycles. The molecule has 0 amide bonds. The van der Waals surface area contributed by atoms with Crippen LogP contribution in [0.1, 0.15) is 24.5 Å². The summed E-state index contributed by atoms with van der Waals surface area (Å²) in [6, 6.07) is 9.62. The van der Waals surface area contributed by atoms with Gasteiger partial charge in [0.25, 0.3) is 5.56 Å². The fraction of sp³-hybridized carbons (Fsp3) is 0.200. The van der Waals surface area contributed by atoms with Crippen LogP contribution >= 0.6 is 0 Å². The van der Waals surface area contributed by atoms with Gasteiger partial charge in [0.1, 0.15) is 0 Å². The molecule has 1 fully saturated rings. The molecule has 2 heterocycles. The van der Waals surface area contributed by atoms with Gasteiger partial charge in [-0.15, -0.1) is 0 Å². The van der Waals surface area contributed by atoms with E-state index in [9.17, 15) is 4.79 Å². The maximum atomic E-state index is 12.5. The molecule has 0 atom stereocenters. The van der Waals surface area contributed by atoms with E-state index in [4.69, 9.17) is 0 Å². The van der Waals surface area contributed by atoms with E-state index in [0.717, 1.165) is 11.4 Å². The van der Waals surface area contributed by atoms with Crippen LogP contribution in [0.5, 0.6) is 0 Å². The molecule has 0 aliphatic heterocycles. The van der Waals surface area contributed by atoms with E-state index < -0.39 is 0 Å². The zero-order chi connectivity index (χ0) is 12.8. The van der Waals surface area contributed by atoms with Gasteiger partial charge in [0, 0.05) is 30.2 Å². The molecule has 0 spiro atoms. The van der Waals surface area contributed by atoms with Crippen LogP contribution in [0.25, 0.3) is 11.3 Å². The quantitative estimate of drug-likeness (QED) is 0.701. The zero-order valence-corrected chi connectivity index (χ0v) is 10.4. The summed E-state index contributed by atoms with van der Waals surface area (Å²) in [4.78, 5) is 17.0. The average molecular weight is 251 g/mol. The monoisotopic (exact) mass is 251 g/mol. The first-order valence-corrected chi connectivity index (χ1v) is 6.48. The van der Waals surface area contributed by atoms with Gasteiger partial charge >= 0.3 is 0 Å². The first-order valence-electron chi connectivity index (χ1n) is 6.48. The lowest BCUT2D eigenvalue weighted by molar-refractivity contribution is 0.950. The second-order valence-electron chi connectivity index (χ2n) is 4.98. The van der Waals surface area contributed by atoms with Crippen molar-refractivity contribution in [2.24, 2.45) is 0 Å². The molecule has 1 saturated carbocycles. The zero-order valence-electron chi connectivity index (χ0n) is 10.4. The molecule has 0 radical (unpaired) electrons. The van der Waals surface area contributed by atoms with E-state index in [2.05, 4.69) is 4.98 Å². The summed E-state index contributed by atoms with van der Waals surface area (Å²) in [6.45, 7) is 0. The summed E-state index contributed by atoms with van der Waals surface area (Å²) in [6.07, 6.45) is 8.04. The van der Waals surface area contributed by atoms with Gasteiger partial charge in [-0.05, 0) is 25.0 Å². The maximum Gasteiger partial charge on any atom is 0.298 e. The standard InChI is InChI=1S/C15H13N3O/c19-15-14-16-13(11-6-7-11)10-17(14)8-9-18(15)12-4-2-1-3-5-12/h1-5,8-11H,6-7H2. The molecule has 0 unspecified atom stereocenters. The van der Waals surface area contributed by atoms with Gasteiger partial charge in [0.05, 0.1) is 5.69 Å². The second kappa shape index (κ2) is 3.82. The molecule has 0 saturated heterocycles. The molecule has 4 nitrogen and oxygen atoms in total. The summed E-state index contributed by atoms with van der Waals surface area (Å²) in [7, 11) is 0. The van der Waals surface area contributed by atoms with Crippen molar-refractivity contribution in [3.8, 4) is 5.69 Å². The van der Waals surface area contributed by atoms with E-state index >= 15 is 0 Å². The molecule has 19 heavy (non-hydrogen) atoms. The highest BCUT2D eigenvalue weighted by Gasteiger charge is 2.26. The Morgan fingerprint density at radius 1 is 1.11 bits per heavy atom. The lowest BCUT2D eigenvalue weighted by atomic mass is 10.3. The van der Waals surface area contributed by atoms with Crippen molar-refractivity contribution in [1.29, 1.82) is 0 Å². The van der Waals surface area contributed by atoms with E-state index in [-0.39, 0.29) is 5.56 Å². The van der Waals surface area contributed by atoms with Crippen LogP contribution in [0.2, 0.25) is 0 Å². The Morgan fingerprint density at radius 3 is 2.63 bits per heavy atom. The van der Waals surface area contributed by atoms with E-state index in [0.29, 0.717) is 11.6 Å². The fourth-order valence-electron chi connectivity index (χ4n) is 2.37.